The van der Waals surface area contributed by atoms with Gasteiger partial charge < -0.3 is 24.1 Å². The molecule has 0 bridgehead atoms. The Bertz CT molecular complexity index is 299. The first-order valence-electron chi connectivity index (χ1n) is 11.5. The highest BCUT2D eigenvalue weighted by atomic mass is 16.6. The van der Waals surface area contributed by atoms with Gasteiger partial charge in [0.25, 0.3) is 0 Å². The third-order valence-electron chi connectivity index (χ3n) is 4.98. The zero-order valence-electron chi connectivity index (χ0n) is 19.1. The molecular formula is C23H48O5. The van der Waals surface area contributed by atoms with Gasteiger partial charge in [-0.2, -0.15) is 0 Å². The van der Waals surface area contributed by atoms with E-state index < -0.39 is 0 Å². The van der Waals surface area contributed by atoms with E-state index in [1.165, 1.54) is 38.5 Å². The van der Waals surface area contributed by atoms with Crippen LogP contribution in [0.5, 0.6) is 0 Å². The topological polar surface area (TPSA) is 57.2 Å². The SMILES string of the molecule is CC(C)CCCC(C)CCCC(C)CCOCCOCCOCCOCCO. The highest BCUT2D eigenvalue weighted by Gasteiger charge is 2.06. The molecule has 0 aromatic heterocycles. The average molecular weight is 405 g/mol. The maximum atomic E-state index is 8.56. The summed E-state index contributed by atoms with van der Waals surface area (Å²) in [5.74, 6) is 2.45. The summed E-state index contributed by atoms with van der Waals surface area (Å²) in [5.41, 5.74) is 0. The summed E-state index contributed by atoms with van der Waals surface area (Å²) in [4.78, 5) is 0. The fraction of sp³-hybridized carbons (Fsp3) is 1.00. The van der Waals surface area contributed by atoms with Crippen LogP contribution >= 0.6 is 0 Å². The fourth-order valence-electron chi connectivity index (χ4n) is 3.09. The fourth-order valence-corrected chi connectivity index (χ4v) is 3.09. The van der Waals surface area contributed by atoms with Crippen LogP contribution < -0.4 is 0 Å². The lowest BCUT2D eigenvalue weighted by molar-refractivity contribution is -0.00644. The number of aliphatic hydroxyl groups is 1. The molecule has 1 N–H and O–H groups in total. The van der Waals surface area contributed by atoms with Crippen LogP contribution in [0.1, 0.15) is 72.6 Å². The molecule has 5 heteroatoms. The number of aliphatic hydroxyl groups excluding tert-OH is 1. The summed E-state index contributed by atoms with van der Waals surface area (Å²) in [6.07, 6.45) is 9.31. The predicted octanol–water partition coefficient (Wildman–Crippen LogP) is 4.70. The largest absolute Gasteiger partial charge is 0.394 e. The first kappa shape index (κ1) is 27.8. The van der Waals surface area contributed by atoms with E-state index in [1.54, 1.807) is 0 Å². The molecule has 0 aromatic carbocycles. The van der Waals surface area contributed by atoms with Crippen molar-refractivity contribution in [3.05, 3.63) is 0 Å². The van der Waals surface area contributed by atoms with Gasteiger partial charge in [-0.1, -0.05) is 66.2 Å². The Balaban J connectivity index is 3.25. The number of hydrogen-bond acceptors (Lipinski definition) is 5. The lowest BCUT2D eigenvalue weighted by atomic mass is 9.93. The highest BCUT2D eigenvalue weighted by Crippen LogP contribution is 2.20. The van der Waals surface area contributed by atoms with Crippen molar-refractivity contribution >= 4 is 0 Å². The van der Waals surface area contributed by atoms with E-state index in [-0.39, 0.29) is 6.61 Å². The number of hydrogen-bond donors (Lipinski definition) is 1. The second-order valence-electron chi connectivity index (χ2n) is 8.43. The summed E-state index contributed by atoms with van der Waals surface area (Å²) in [6.45, 7) is 14.1. The van der Waals surface area contributed by atoms with Crippen LogP contribution in [0.15, 0.2) is 0 Å². The molecule has 28 heavy (non-hydrogen) atoms. The zero-order chi connectivity index (χ0) is 20.9. The van der Waals surface area contributed by atoms with Gasteiger partial charge >= 0.3 is 0 Å². The van der Waals surface area contributed by atoms with Gasteiger partial charge in [0.2, 0.25) is 0 Å². The maximum absolute atomic E-state index is 8.56. The molecule has 0 radical (unpaired) electrons. The van der Waals surface area contributed by atoms with Gasteiger partial charge in [-0.05, 0) is 24.2 Å². The van der Waals surface area contributed by atoms with E-state index in [0.717, 1.165) is 30.8 Å². The van der Waals surface area contributed by atoms with Crippen molar-refractivity contribution in [1.82, 2.24) is 0 Å². The van der Waals surface area contributed by atoms with Crippen molar-refractivity contribution in [3.63, 3.8) is 0 Å². The zero-order valence-corrected chi connectivity index (χ0v) is 19.1. The van der Waals surface area contributed by atoms with Crippen LogP contribution in [-0.2, 0) is 18.9 Å². The lowest BCUT2D eigenvalue weighted by Crippen LogP contribution is -2.13. The standard InChI is InChI=1S/C23H48O5/c1-21(2)7-5-8-22(3)9-6-10-23(4)11-13-25-15-17-27-19-20-28-18-16-26-14-12-24/h21-24H,5-20H2,1-4H3. The molecule has 0 aromatic rings. The molecule has 0 fully saturated rings. The first-order valence-corrected chi connectivity index (χ1v) is 11.5. The van der Waals surface area contributed by atoms with E-state index in [9.17, 15) is 0 Å². The van der Waals surface area contributed by atoms with Crippen LogP contribution in [-0.4, -0.2) is 64.6 Å². The molecule has 5 nitrogen and oxygen atoms in total. The molecule has 0 saturated heterocycles. The third kappa shape index (κ3) is 22.1. The minimum atomic E-state index is 0.0552. The monoisotopic (exact) mass is 404 g/mol. The Morgan fingerprint density at radius 3 is 1.36 bits per heavy atom. The Kier molecular flexibility index (Phi) is 21.4. The third-order valence-corrected chi connectivity index (χ3v) is 4.98. The second-order valence-corrected chi connectivity index (χ2v) is 8.43. The normalized spacial score (nSPS) is 13.9. The molecule has 0 aliphatic rings. The molecule has 0 aliphatic heterocycles. The molecular weight excluding hydrogens is 356 g/mol. The van der Waals surface area contributed by atoms with Crippen LogP contribution in [0.25, 0.3) is 0 Å². The van der Waals surface area contributed by atoms with Crippen molar-refractivity contribution in [3.8, 4) is 0 Å². The van der Waals surface area contributed by atoms with Gasteiger partial charge in [0.05, 0.1) is 52.9 Å². The molecule has 170 valence electrons. The van der Waals surface area contributed by atoms with Crippen molar-refractivity contribution in [2.45, 2.75) is 72.6 Å². The molecule has 0 saturated carbocycles. The molecule has 2 unspecified atom stereocenters. The molecule has 0 spiro atoms. The first-order chi connectivity index (χ1) is 13.6. The van der Waals surface area contributed by atoms with E-state index in [4.69, 9.17) is 24.1 Å². The van der Waals surface area contributed by atoms with Crippen LogP contribution in [0.2, 0.25) is 0 Å². The molecule has 0 heterocycles. The number of ether oxygens (including phenoxy) is 4. The highest BCUT2D eigenvalue weighted by molar-refractivity contribution is 4.59. The lowest BCUT2D eigenvalue weighted by Gasteiger charge is -2.15. The van der Waals surface area contributed by atoms with Gasteiger partial charge in [0.15, 0.2) is 0 Å². The quantitative estimate of drug-likeness (QED) is 0.265. The van der Waals surface area contributed by atoms with Crippen molar-refractivity contribution < 1.29 is 24.1 Å². The van der Waals surface area contributed by atoms with E-state index in [2.05, 4.69) is 27.7 Å². The van der Waals surface area contributed by atoms with E-state index in [0.29, 0.717) is 46.2 Å². The second kappa shape index (κ2) is 21.5. The Morgan fingerprint density at radius 1 is 0.500 bits per heavy atom. The summed E-state index contributed by atoms with van der Waals surface area (Å²) < 4.78 is 21.6. The Hall–Kier alpha value is -0.200. The van der Waals surface area contributed by atoms with Gasteiger partial charge in [0, 0.05) is 6.61 Å². The Labute approximate surface area is 174 Å². The molecule has 0 amide bonds. The van der Waals surface area contributed by atoms with Crippen molar-refractivity contribution in [1.29, 1.82) is 0 Å². The van der Waals surface area contributed by atoms with Gasteiger partial charge in [-0.15, -0.1) is 0 Å². The minimum Gasteiger partial charge on any atom is -0.394 e. The smallest absolute Gasteiger partial charge is 0.0701 e. The van der Waals surface area contributed by atoms with E-state index >= 15 is 0 Å². The Morgan fingerprint density at radius 2 is 0.893 bits per heavy atom. The van der Waals surface area contributed by atoms with Crippen LogP contribution in [0, 0.1) is 17.8 Å². The van der Waals surface area contributed by atoms with Crippen LogP contribution in [0.4, 0.5) is 0 Å². The summed E-state index contributed by atoms with van der Waals surface area (Å²) >= 11 is 0. The van der Waals surface area contributed by atoms with Gasteiger partial charge in [-0.25, -0.2) is 0 Å². The summed E-state index contributed by atoms with van der Waals surface area (Å²) in [5, 5.41) is 8.56. The minimum absolute atomic E-state index is 0.0552. The summed E-state index contributed by atoms with van der Waals surface area (Å²) in [7, 11) is 0. The van der Waals surface area contributed by atoms with Crippen molar-refractivity contribution in [2.75, 3.05) is 59.5 Å². The molecule has 0 rings (SSSR count). The summed E-state index contributed by atoms with van der Waals surface area (Å²) in [6, 6.07) is 0. The molecule has 2 atom stereocenters. The van der Waals surface area contributed by atoms with Crippen molar-refractivity contribution in [2.24, 2.45) is 17.8 Å². The van der Waals surface area contributed by atoms with Gasteiger partial charge in [-0.3, -0.25) is 0 Å². The average Bonchev–Trinajstić information content (AvgIpc) is 2.65. The van der Waals surface area contributed by atoms with Crippen LogP contribution in [0.3, 0.4) is 0 Å². The predicted molar refractivity (Wildman–Crippen MR) is 116 cm³/mol. The number of rotatable bonds is 22. The van der Waals surface area contributed by atoms with E-state index in [1.807, 2.05) is 0 Å². The van der Waals surface area contributed by atoms with Gasteiger partial charge in [0.1, 0.15) is 0 Å². The molecule has 0 aliphatic carbocycles. The maximum Gasteiger partial charge on any atom is 0.0701 e.